The number of aryl methyl sites for hydroxylation is 3. The molecule has 3 nitrogen and oxygen atoms in total. The third kappa shape index (κ3) is 4.14. The molecule has 0 unspecified atom stereocenters. The first-order chi connectivity index (χ1) is 12.4. The molecule has 1 heterocycles. The summed E-state index contributed by atoms with van der Waals surface area (Å²) < 4.78 is 5.92. The summed E-state index contributed by atoms with van der Waals surface area (Å²) in [6, 6.07) is 14.0. The van der Waals surface area contributed by atoms with Gasteiger partial charge in [-0.25, -0.2) is 0 Å². The highest BCUT2D eigenvalue weighted by Gasteiger charge is 2.12. The number of anilines is 1. The maximum atomic E-state index is 12.5. The first-order valence-corrected chi connectivity index (χ1v) is 9.47. The summed E-state index contributed by atoms with van der Waals surface area (Å²) in [6.07, 6.45) is 0. The predicted molar refractivity (Wildman–Crippen MR) is 108 cm³/mol. The number of carbonyl (C=O) groups excluding carboxylic acids is 1. The molecule has 0 spiro atoms. The third-order valence-corrected chi connectivity index (χ3v) is 5.45. The van der Waals surface area contributed by atoms with Crippen molar-refractivity contribution in [3.05, 3.63) is 80.5 Å². The van der Waals surface area contributed by atoms with Crippen LogP contribution in [0.1, 0.15) is 37.5 Å². The fraction of sp³-hybridized carbons (Fsp3) is 0.227. The van der Waals surface area contributed by atoms with Crippen molar-refractivity contribution in [3.8, 4) is 5.75 Å². The van der Waals surface area contributed by atoms with Crippen LogP contribution in [0, 0.1) is 27.7 Å². The van der Waals surface area contributed by atoms with Gasteiger partial charge in [0.1, 0.15) is 12.4 Å². The number of carbonyl (C=O) groups is 1. The standard InChI is InChI=1S/C22H23NO2S/c1-14-8-9-16(3)19(10-14)23-22(24)21-11-18(13-26-21)12-25-20-7-5-6-15(2)17(20)4/h5-11,13H,12H2,1-4H3,(H,23,24). The Morgan fingerprint density at radius 2 is 1.85 bits per heavy atom. The molecule has 3 aromatic rings. The van der Waals surface area contributed by atoms with Crippen LogP contribution in [0.15, 0.2) is 47.8 Å². The first-order valence-electron chi connectivity index (χ1n) is 8.59. The Bertz CT molecular complexity index is 943. The lowest BCUT2D eigenvalue weighted by molar-refractivity contribution is 0.103. The molecule has 1 N–H and O–H groups in total. The predicted octanol–water partition coefficient (Wildman–Crippen LogP) is 5.81. The van der Waals surface area contributed by atoms with Crippen molar-refractivity contribution in [2.75, 3.05) is 5.32 Å². The summed E-state index contributed by atoms with van der Waals surface area (Å²) >= 11 is 1.44. The van der Waals surface area contributed by atoms with E-state index in [9.17, 15) is 4.79 Å². The molecule has 134 valence electrons. The minimum atomic E-state index is -0.0818. The van der Waals surface area contributed by atoms with Crippen molar-refractivity contribution >= 4 is 22.9 Å². The van der Waals surface area contributed by atoms with Gasteiger partial charge in [-0.2, -0.15) is 0 Å². The highest BCUT2D eigenvalue weighted by Crippen LogP contribution is 2.24. The van der Waals surface area contributed by atoms with Gasteiger partial charge in [-0.1, -0.05) is 24.3 Å². The lowest BCUT2D eigenvalue weighted by Gasteiger charge is -2.10. The van der Waals surface area contributed by atoms with Gasteiger partial charge in [0.25, 0.3) is 5.91 Å². The molecule has 0 saturated carbocycles. The largest absolute Gasteiger partial charge is 0.489 e. The highest BCUT2D eigenvalue weighted by atomic mass is 32.1. The average molecular weight is 365 g/mol. The van der Waals surface area contributed by atoms with Crippen molar-refractivity contribution in [2.45, 2.75) is 34.3 Å². The average Bonchev–Trinajstić information content (AvgIpc) is 3.08. The molecular formula is C22H23NO2S. The summed E-state index contributed by atoms with van der Waals surface area (Å²) in [6.45, 7) is 8.59. The Morgan fingerprint density at radius 3 is 2.65 bits per heavy atom. The molecule has 0 aliphatic heterocycles. The van der Waals surface area contributed by atoms with Crippen LogP contribution < -0.4 is 10.1 Å². The molecule has 0 saturated heterocycles. The van der Waals surface area contributed by atoms with Gasteiger partial charge in [-0.3, -0.25) is 4.79 Å². The van der Waals surface area contributed by atoms with E-state index in [-0.39, 0.29) is 5.91 Å². The summed E-state index contributed by atoms with van der Waals surface area (Å²) in [5.74, 6) is 0.805. The van der Waals surface area contributed by atoms with Crippen LogP contribution in [0.25, 0.3) is 0 Å². The molecule has 0 fully saturated rings. The second-order valence-corrected chi connectivity index (χ2v) is 7.49. The quantitative estimate of drug-likeness (QED) is 0.619. The van der Waals surface area contributed by atoms with E-state index in [1.165, 1.54) is 16.9 Å². The summed E-state index contributed by atoms with van der Waals surface area (Å²) in [7, 11) is 0. The van der Waals surface area contributed by atoms with Crippen molar-refractivity contribution < 1.29 is 9.53 Å². The van der Waals surface area contributed by atoms with Crippen LogP contribution in [-0.2, 0) is 6.61 Å². The van der Waals surface area contributed by atoms with Crippen molar-refractivity contribution in [1.29, 1.82) is 0 Å². The van der Waals surface area contributed by atoms with E-state index in [1.54, 1.807) is 0 Å². The SMILES string of the molecule is Cc1ccc(C)c(NC(=O)c2cc(COc3cccc(C)c3C)cs2)c1. The molecule has 0 aliphatic carbocycles. The number of rotatable bonds is 5. The molecule has 3 rings (SSSR count). The van der Waals surface area contributed by atoms with E-state index < -0.39 is 0 Å². The zero-order valence-corrected chi connectivity index (χ0v) is 16.4. The maximum Gasteiger partial charge on any atom is 0.265 e. The van der Waals surface area contributed by atoms with Gasteiger partial charge in [-0.15, -0.1) is 11.3 Å². The number of thiophene rings is 1. The summed E-state index contributed by atoms with van der Waals surface area (Å²) in [4.78, 5) is 13.2. The fourth-order valence-corrected chi connectivity index (χ4v) is 3.46. The molecule has 0 aliphatic rings. The Hall–Kier alpha value is -2.59. The number of ether oxygens (including phenoxy) is 1. The van der Waals surface area contributed by atoms with Gasteiger partial charge in [0.2, 0.25) is 0 Å². The molecule has 4 heteroatoms. The van der Waals surface area contributed by atoms with Crippen LogP contribution >= 0.6 is 11.3 Å². The minimum Gasteiger partial charge on any atom is -0.489 e. The zero-order valence-electron chi connectivity index (χ0n) is 15.6. The molecule has 2 aromatic carbocycles. The zero-order chi connectivity index (χ0) is 18.7. The number of amides is 1. The lowest BCUT2D eigenvalue weighted by Crippen LogP contribution is -2.11. The van der Waals surface area contributed by atoms with Crippen LogP contribution in [-0.4, -0.2) is 5.91 Å². The van der Waals surface area contributed by atoms with Gasteiger partial charge in [0.15, 0.2) is 0 Å². The van der Waals surface area contributed by atoms with E-state index >= 15 is 0 Å². The summed E-state index contributed by atoms with van der Waals surface area (Å²) in [5.41, 5.74) is 6.40. The van der Waals surface area contributed by atoms with E-state index in [0.717, 1.165) is 33.7 Å². The lowest BCUT2D eigenvalue weighted by atomic mass is 10.1. The Kier molecular flexibility index (Phi) is 5.43. The van der Waals surface area contributed by atoms with Gasteiger partial charge in [0, 0.05) is 11.3 Å². The molecule has 1 amide bonds. The van der Waals surface area contributed by atoms with Gasteiger partial charge in [0.05, 0.1) is 4.88 Å². The van der Waals surface area contributed by atoms with Crippen molar-refractivity contribution in [3.63, 3.8) is 0 Å². The van der Waals surface area contributed by atoms with Gasteiger partial charge < -0.3 is 10.1 Å². The van der Waals surface area contributed by atoms with Crippen molar-refractivity contribution in [1.82, 2.24) is 0 Å². The topological polar surface area (TPSA) is 38.3 Å². The molecule has 0 radical (unpaired) electrons. The molecular weight excluding hydrogens is 342 g/mol. The molecule has 1 aromatic heterocycles. The van der Waals surface area contributed by atoms with Crippen LogP contribution in [0.2, 0.25) is 0 Å². The van der Waals surface area contributed by atoms with E-state index in [0.29, 0.717) is 11.5 Å². The van der Waals surface area contributed by atoms with Crippen LogP contribution in [0.5, 0.6) is 5.75 Å². The molecule has 26 heavy (non-hydrogen) atoms. The number of benzene rings is 2. The smallest absolute Gasteiger partial charge is 0.265 e. The fourth-order valence-electron chi connectivity index (χ4n) is 2.67. The Labute approximate surface area is 158 Å². The van der Waals surface area contributed by atoms with E-state index in [1.807, 2.05) is 55.6 Å². The van der Waals surface area contributed by atoms with Crippen LogP contribution in [0.4, 0.5) is 5.69 Å². The third-order valence-electron chi connectivity index (χ3n) is 4.47. The Morgan fingerprint density at radius 1 is 1.04 bits per heavy atom. The number of hydrogen-bond donors (Lipinski definition) is 1. The first kappa shape index (κ1) is 18.2. The van der Waals surface area contributed by atoms with E-state index in [4.69, 9.17) is 4.74 Å². The second kappa shape index (κ2) is 7.75. The number of hydrogen-bond acceptors (Lipinski definition) is 3. The van der Waals surface area contributed by atoms with Gasteiger partial charge in [-0.05, 0) is 73.5 Å². The summed E-state index contributed by atoms with van der Waals surface area (Å²) in [5, 5.41) is 4.98. The van der Waals surface area contributed by atoms with Crippen LogP contribution in [0.3, 0.4) is 0 Å². The van der Waals surface area contributed by atoms with Gasteiger partial charge >= 0.3 is 0 Å². The number of nitrogens with one attached hydrogen (secondary N) is 1. The minimum absolute atomic E-state index is 0.0818. The highest BCUT2D eigenvalue weighted by molar-refractivity contribution is 7.12. The normalized spacial score (nSPS) is 10.6. The molecule has 0 atom stereocenters. The Balaban J connectivity index is 1.66. The second-order valence-electron chi connectivity index (χ2n) is 6.58. The molecule has 0 bridgehead atoms. The van der Waals surface area contributed by atoms with Crippen molar-refractivity contribution in [2.24, 2.45) is 0 Å². The monoisotopic (exact) mass is 365 g/mol. The van der Waals surface area contributed by atoms with E-state index in [2.05, 4.69) is 25.2 Å². The maximum absolute atomic E-state index is 12.5.